The molecule has 0 rings (SSSR count). The van der Waals surface area contributed by atoms with Crippen LogP contribution in [-0.4, -0.2) is 5.78 Å². The zero-order chi connectivity index (χ0) is 8.85. The summed E-state index contributed by atoms with van der Waals surface area (Å²) in [6.45, 7) is 9.94. The maximum Gasteiger partial charge on any atom is 0.157 e. The van der Waals surface area contributed by atoms with Crippen molar-refractivity contribution in [2.45, 2.75) is 40.0 Å². The molecule has 0 atom stereocenters. The van der Waals surface area contributed by atoms with Crippen molar-refractivity contribution >= 4 is 5.78 Å². The number of carbonyl (C=O) groups excluding carboxylic acids is 1. The van der Waals surface area contributed by atoms with Gasteiger partial charge < -0.3 is 0 Å². The highest BCUT2D eigenvalue weighted by Crippen LogP contribution is 2.11. The molecule has 64 valence electrons. The van der Waals surface area contributed by atoms with Crippen LogP contribution in [0, 0.1) is 5.92 Å². The van der Waals surface area contributed by atoms with Gasteiger partial charge in [-0.1, -0.05) is 27.4 Å². The van der Waals surface area contributed by atoms with Crippen molar-refractivity contribution in [2.75, 3.05) is 0 Å². The van der Waals surface area contributed by atoms with Crippen molar-refractivity contribution in [1.82, 2.24) is 0 Å². The minimum atomic E-state index is 0.214. The second-order valence-electron chi connectivity index (χ2n) is 3.31. The zero-order valence-corrected chi connectivity index (χ0v) is 7.81. The second-order valence-corrected chi connectivity index (χ2v) is 3.31. The summed E-state index contributed by atoms with van der Waals surface area (Å²) in [7, 11) is 0. The van der Waals surface area contributed by atoms with E-state index in [9.17, 15) is 4.79 Å². The van der Waals surface area contributed by atoms with E-state index in [-0.39, 0.29) is 5.78 Å². The predicted molar refractivity (Wildman–Crippen MR) is 48.5 cm³/mol. The van der Waals surface area contributed by atoms with Crippen LogP contribution < -0.4 is 0 Å². The SMILES string of the molecule is C=C(CCC(C)C)C(=O)CC. The van der Waals surface area contributed by atoms with Crippen molar-refractivity contribution in [3.63, 3.8) is 0 Å². The van der Waals surface area contributed by atoms with E-state index in [0.717, 1.165) is 18.4 Å². The molecule has 1 heteroatoms. The molecule has 0 unspecified atom stereocenters. The van der Waals surface area contributed by atoms with Gasteiger partial charge in [-0.3, -0.25) is 4.79 Å². The number of allylic oxidation sites excluding steroid dienone is 1. The third kappa shape index (κ3) is 4.77. The third-order valence-corrected chi connectivity index (χ3v) is 1.74. The Bertz CT molecular complexity index is 145. The predicted octanol–water partition coefficient (Wildman–Crippen LogP) is 2.96. The zero-order valence-electron chi connectivity index (χ0n) is 7.81. The van der Waals surface area contributed by atoms with Crippen molar-refractivity contribution in [3.8, 4) is 0 Å². The summed E-state index contributed by atoms with van der Waals surface area (Å²) < 4.78 is 0. The largest absolute Gasteiger partial charge is 0.295 e. The van der Waals surface area contributed by atoms with Crippen LogP contribution in [0.2, 0.25) is 0 Å². The molecule has 0 aliphatic carbocycles. The molecule has 11 heavy (non-hydrogen) atoms. The Labute approximate surface area is 69.5 Å². The number of rotatable bonds is 5. The molecule has 0 aromatic carbocycles. The van der Waals surface area contributed by atoms with Crippen molar-refractivity contribution in [3.05, 3.63) is 12.2 Å². The van der Waals surface area contributed by atoms with Crippen molar-refractivity contribution < 1.29 is 4.79 Å². The molecule has 0 bridgehead atoms. The highest BCUT2D eigenvalue weighted by Gasteiger charge is 2.04. The van der Waals surface area contributed by atoms with E-state index in [1.165, 1.54) is 0 Å². The lowest BCUT2D eigenvalue weighted by molar-refractivity contribution is -0.115. The summed E-state index contributed by atoms with van der Waals surface area (Å²) >= 11 is 0. The molecular formula is C10H18O. The van der Waals surface area contributed by atoms with Crippen LogP contribution in [-0.2, 0) is 4.79 Å². The van der Waals surface area contributed by atoms with Gasteiger partial charge in [0.25, 0.3) is 0 Å². The Morgan fingerprint density at radius 2 is 2.00 bits per heavy atom. The van der Waals surface area contributed by atoms with E-state index in [1.807, 2.05) is 6.92 Å². The molecule has 0 aliphatic rings. The molecule has 0 aliphatic heterocycles. The van der Waals surface area contributed by atoms with Crippen LogP contribution in [0.5, 0.6) is 0 Å². The smallest absolute Gasteiger partial charge is 0.157 e. The summed E-state index contributed by atoms with van der Waals surface area (Å²) in [5.41, 5.74) is 0.793. The molecule has 0 amide bonds. The normalized spacial score (nSPS) is 10.2. The Balaban J connectivity index is 3.61. The molecule has 0 heterocycles. The fraction of sp³-hybridized carbons (Fsp3) is 0.700. The van der Waals surface area contributed by atoms with E-state index in [4.69, 9.17) is 0 Å². The topological polar surface area (TPSA) is 17.1 Å². The van der Waals surface area contributed by atoms with E-state index in [0.29, 0.717) is 12.3 Å². The fourth-order valence-electron chi connectivity index (χ4n) is 0.852. The lowest BCUT2D eigenvalue weighted by Gasteiger charge is -2.04. The molecular weight excluding hydrogens is 136 g/mol. The van der Waals surface area contributed by atoms with Crippen LogP contribution in [0.25, 0.3) is 0 Å². The van der Waals surface area contributed by atoms with Crippen molar-refractivity contribution in [1.29, 1.82) is 0 Å². The maximum atomic E-state index is 11.0. The highest BCUT2D eigenvalue weighted by atomic mass is 16.1. The van der Waals surface area contributed by atoms with Gasteiger partial charge in [-0.2, -0.15) is 0 Å². The van der Waals surface area contributed by atoms with Crippen LogP contribution in [0.3, 0.4) is 0 Å². The average molecular weight is 154 g/mol. The third-order valence-electron chi connectivity index (χ3n) is 1.74. The Kier molecular flexibility index (Phi) is 4.84. The summed E-state index contributed by atoms with van der Waals surface area (Å²) in [5, 5.41) is 0. The number of carbonyl (C=O) groups is 1. The van der Waals surface area contributed by atoms with Gasteiger partial charge >= 0.3 is 0 Å². The van der Waals surface area contributed by atoms with E-state index < -0.39 is 0 Å². The number of hydrogen-bond donors (Lipinski definition) is 0. The van der Waals surface area contributed by atoms with Gasteiger partial charge in [0.2, 0.25) is 0 Å². The first-order valence-corrected chi connectivity index (χ1v) is 4.28. The van der Waals surface area contributed by atoms with E-state index >= 15 is 0 Å². The van der Waals surface area contributed by atoms with Gasteiger partial charge in [0.1, 0.15) is 0 Å². The van der Waals surface area contributed by atoms with Crippen LogP contribution in [0.4, 0.5) is 0 Å². The van der Waals surface area contributed by atoms with Crippen LogP contribution in [0.15, 0.2) is 12.2 Å². The minimum Gasteiger partial charge on any atom is -0.295 e. The maximum absolute atomic E-state index is 11.0. The molecule has 0 spiro atoms. The average Bonchev–Trinajstić information content (AvgIpc) is 1.98. The van der Waals surface area contributed by atoms with Gasteiger partial charge in [0, 0.05) is 6.42 Å². The quantitative estimate of drug-likeness (QED) is 0.556. The highest BCUT2D eigenvalue weighted by molar-refractivity contribution is 5.94. The summed E-state index contributed by atoms with van der Waals surface area (Å²) in [6.07, 6.45) is 2.53. The van der Waals surface area contributed by atoms with Crippen LogP contribution in [0.1, 0.15) is 40.0 Å². The van der Waals surface area contributed by atoms with Gasteiger partial charge in [0.15, 0.2) is 5.78 Å². The molecule has 0 N–H and O–H groups in total. The molecule has 0 fully saturated rings. The van der Waals surface area contributed by atoms with Gasteiger partial charge in [-0.05, 0) is 24.3 Å². The summed E-state index contributed by atoms with van der Waals surface area (Å²) in [6, 6.07) is 0. The standard InChI is InChI=1S/C10H18O/c1-5-10(11)9(4)7-6-8(2)3/h8H,4-7H2,1-3H3. The second kappa shape index (κ2) is 5.11. The van der Waals surface area contributed by atoms with Crippen molar-refractivity contribution in [2.24, 2.45) is 5.92 Å². The van der Waals surface area contributed by atoms with Gasteiger partial charge in [0.05, 0.1) is 0 Å². The van der Waals surface area contributed by atoms with Crippen LogP contribution >= 0.6 is 0 Å². The van der Waals surface area contributed by atoms with Gasteiger partial charge in [-0.15, -0.1) is 0 Å². The monoisotopic (exact) mass is 154 g/mol. The van der Waals surface area contributed by atoms with E-state index in [1.54, 1.807) is 0 Å². The first kappa shape index (κ1) is 10.4. The first-order chi connectivity index (χ1) is 5.07. The molecule has 0 saturated carbocycles. The fourth-order valence-corrected chi connectivity index (χ4v) is 0.852. The lowest BCUT2D eigenvalue weighted by atomic mass is 10.0. The minimum absolute atomic E-state index is 0.214. The molecule has 0 saturated heterocycles. The number of ketones is 1. The molecule has 0 radical (unpaired) electrons. The first-order valence-electron chi connectivity index (χ1n) is 4.28. The molecule has 0 aromatic rings. The Morgan fingerprint density at radius 3 is 2.36 bits per heavy atom. The summed E-state index contributed by atoms with van der Waals surface area (Å²) in [4.78, 5) is 11.0. The number of hydrogen-bond acceptors (Lipinski definition) is 1. The summed E-state index contributed by atoms with van der Waals surface area (Å²) in [5.74, 6) is 0.877. The van der Waals surface area contributed by atoms with Gasteiger partial charge in [-0.25, -0.2) is 0 Å². The molecule has 0 aromatic heterocycles. The Hall–Kier alpha value is -0.590. The molecule has 1 nitrogen and oxygen atoms in total. The lowest BCUT2D eigenvalue weighted by Crippen LogP contribution is -2.00. The van der Waals surface area contributed by atoms with E-state index in [2.05, 4.69) is 20.4 Å². The number of Topliss-reactive ketones (excluding diaryl/α,β-unsaturated/α-hetero) is 1. The Morgan fingerprint density at radius 1 is 1.45 bits per heavy atom.